The quantitative estimate of drug-likeness (QED) is 0.389. The molecule has 3 atom stereocenters. The zero-order chi connectivity index (χ0) is 15.7. The van der Waals surface area contributed by atoms with Crippen LogP contribution in [-0.4, -0.2) is 16.1 Å². The van der Waals surface area contributed by atoms with Crippen molar-refractivity contribution < 1.29 is 9.85 Å². The lowest BCUT2D eigenvalue weighted by Gasteiger charge is -2.12. The van der Waals surface area contributed by atoms with Crippen LogP contribution >= 0.6 is 0 Å². The third-order valence-corrected chi connectivity index (χ3v) is 4.17. The average molecular weight is 302 g/mol. The highest BCUT2D eigenvalue weighted by atomic mass is 16.6. The van der Waals surface area contributed by atoms with E-state index in [0.29, 0.717) is 17.8 Å². The molecule has 1 aromatic rings. The standard InChI is InChI=1S/C14H14N4O4/c19-17(20)12-3-4-13(14(7-12)18(21)22)16-15-8-11-6-9-1-2-10(11)5-9/h1-4,7-11,16H,5-6H2/b15-8-/t9-,10+,11-/m1/s1. The first-order valence-electron chi connectivity index (χ1n) is 6.95. The molecule has 2 bridgehead atoms. The molecule has 8 heteroatoms. The number of hydrazone groups is 1. The predicted octanol–water partition coefficient (Wildman–Crippen LogP) is 3.11. The molecular weight excluding hydrogens is 288 g/mol. The number of nitro benzene ring substituents is 2. The maximum atomic E-state index is 11.0. The van der Waals surface area contributed by atoms with Gasteiger partial charge in [0.25, 0.3) is 5.69 Å². The smallest absolute Gasteiger partial charge is 0.272 e. The summed E-state index contributed by atoms with van der Waals surface area (Å²) in [5.74, 6) is 1.47. The number of nitrogens with zero attached hydrogens (tertiary/aromatic N) is 3. The van der Waals surface area contributed by atoms with Crippen LogP contribution in [0.2, 0.25) is 0 Å². The summed E-state index contributed by atoms with van der Waals surface area (Å²) < 4.78 is 0. The highest BCUT2D eigenvalue weighted by Gasteiger charge is 2.34. The molecule has 8 nitrogen and oxygen atoms in total. The summed E-state index contributed by atoms with van der Waals surface area (Å²) in [5, 5.41) is 25.8. The van der Waals surface area contributed by atoms with E-state index in [2.05, 4.69) is 22.7 Å². The number of hydrogen-bond acceptors (Lipinski definition) is 6. The molecule has 0 radical (unpaired) electrons. The number of nitrogens with one attached hydrogen (secondary N) is 1. The van der Waals surface area contributed by atoms with E-state index in [1.54, 1.807) is 6.21 Å². The minimum absolute atomic E-state index is 0.144. The molecule has 114 valence electrons. The van der Waals surface area contributed by atoms with Crippen molar-refractivity contribution in [1.82, 2.24) is 0 Å². The van der Waals surface area contributed by atoms with Gasteiger partial charge in [0.15, 0.2) is 0 Å². The number of allylic oxidation sites excluding steroid dienone is 2. The lowest BCUT2D eigenvalue weighted by molar-refractivity contribution is -0.393. The van der Waals surface area contributed by atoms with Gasteiger partial charge >= 0.3 is 5.69 Å². The topological polar surface area (TPSA) is 111 Å². The first kappa shape index (κ1) is 14.2. The molecule has 22 heavy (non-hydrogen) atoms. The highest BCUT2D eigenvalue weighted by molar-refractivity contribution is 5.69. The Hall–Kier alpha value is -2.77. The Kier molecular flexibility index (Phi) is 3.58. The van der Waals surface area contributed by atoms with Crippen LogP contribution in [0.1, 0.15) is 12.8 Å². The maximum Gasteiger partial charge on any atom is 0.301 e. The van der Waals surface area contributed by atoms with E-state index < -0.39 is 9.85 Å². The lowest BCUT2D eigenvalue weighted by atomic mass is 9.95. The molecule has 2 aliphatic carbocycles. The molecule has 0 unspecified atom stereocenters. The van der Waals surface area contributed by atoms with Crippen molar-refractivity contribution in [3.63, 3.8) is 0 Å². The van der Waals surface area contributed by atoms with Crippen LogP contribution < -0.4 is 5.43 Å². The molecule has 1 saturated carbocycles. The minimum Gasteiger partial charge on any atom is -0.272 e. The van der Waals surface area contributed by atoms with Gasteiger partial charge in [0.2, 0.25) is 0 Å². The Labute approximate surface area is 125 Å². The van der Waals surface area contributed by atoms with Crippen LogP contribution in [-0.2, 0) is 0 Å². The van der Waals surface area contributed by atoms with Gasteiger partial charge in [0.1, 0.15) is 5.69 Å². The van der Waals surface area contributed by atoms with Crippen molar-refractivity contribution in [3.8, 4) is 0 Å². The first-order chi connectivity index (χ1) is 10.5. The van der Waals surface area contributed by atoms with Crippen LogP contribution in [0.3, 0.4) is 0 Å². The summed E-state index contributed by atoms with van der Waals surface area (Å²) in [6.45, 7) is 0. The summed E-state index contributed by atoms with van der Waals surface area (Å²) in [4.78, 5) is 20.4. The predicted molar refractivity (Wildman–Crippen MR) is 80.7 cm³/mol. The fourth-order valence-corrected chi connectivity index (χ4v) is 3.08. The van der Waals surface area contributed by atoms with E-state index in [1.165, 1.54) is 12.1 Å². The van der Waals surface area contributed by atoms with Gasteiger partial charge in [-0.3, -0.25) is 25.7 Å². The molecule has 1 fully saturated rings. The SMILES string of the molecule is O=[N+]([O-])c1ccc(N/N=C\[C@H]2C[C@@H]3C=C[C@H]2C3)c([N+](=O)[O-])c1. The number of anilines is 1. The summed E-state index contributed by atoms with van der Waals surface area (Å²) >= 11 is 0. The Bertz CT molecular complexity index is 685. The largest absolute Gasteiger partial charge is 0.301 e. The van der Waals surface area contributed by atoms with Gasteiger partial charge in [-0.05, 0) is 30.7 Å². The van der Waals surface area contributed by atoms with Crippen LogP contribution in [0.4, 0.5) is 17.1 Å². The molecule has 0 amide bonds. The second-order valence-corrected chi connectivity index (χ2v) is 5.55. The van der Waals surface area contributed by atoms with Crippen LogP contribution in [0, 0.1) is 38.0 Å². The van der Waals surface area contributed by atoms with E-state index in [4.69, 9.17) is 0 Å². The van der Waals surface area contributed by atoms with E-state index in [0.717, 1.165) is 18.9 Å². The van der Waals surface area contributed by atoms with Crippen LogP contribution in [0.25, 0.3) is 0 Å². The number of nitro groups is 2. The molecule has 0 aromatic heterocycles. The van der Waals surface area contributed by atoms with Crippen LogP contribution in [0.15, 0.2) is 35.5 Å². The molecule has 0 aliphatic heterocycles. The normalized spacial score (nSPS) is 25.7. The molecule has 0 saturated heterocycles. The second kappa shape index (κ2) is 5.55. The van der Waals surface area contributed by atoms with Gasteiger partial charge in [0, 0.05) is 18.2 Å². The fourth-order valence-electron chi connectivity index (χ4n) is 3.08. The fraction of sp³-hybridized carbons (Fsp3) is 0.357. The van der Waals surface area contributed by atoms with Crippen LogP contribution in [0.5, 0.6) is 0 Å². The molecular formula is C14H14N4O4. The lowest BCUT2D eigenvalue weighted by Crippen LogP contribution is -2.09. The average Bonchev–Trinajstić information content (AvgIpc) is 3.09. The van der Waals surface area contributed by atoms with Crippen molar-refractivity contribution in [1.29, 1.82) is 0 Å². The molecule has 0 heterocycles. The van der Waals surface area contributed by atoms with E-state index >= 15 is 0 Å². The number of rotatable bonds is 5. The van der Waals surface area contributed by atoms with Crippen molar-refractivity contribution in [2.45, 2.75) is 12.8 Å². The maximum absolute atomic E-state index is 11.0. The summed E-state index contributed by atoms with van der Waals surface area (Å²) in [6.07, 6.45) is 8.39. The van der Waals surface area contributed by atoms with Gasteiger partial charge in [-0.25, -0.2) is 0 Å². The summed E-state index contributed by atoms with van der Waals surface area (Å²) in [6, 6.07) is 3.44. The van der Waals surface area contributed by atoms with Crippen molar-refractivity contribution in [2.75, 3.05) is 5.43 Å². The molecule has 0 spiro atoms. The zero-order valence-electron chi connectivity index (χ0n) is 11.6. The van der Waals surface area contributed by atoms with Gasteiger partial charge in [-0.15, -0.1) is 0 Å². The van der Waals surface area contributed by atoms with Gasteiger partial charge < -0.3 is 0 Å². The van der Waals surface area contributed by atoms with Crippen molar-refractivity contribution in [3.05, 3.63) is 50.6 Å². The highest BCUT2D eigenvalue weighted by Crippen LogP contribution is 2.42. The first-order valence-corrected chi connectivity index (χ1v) is 6.95. The second-order valence-electron chi connectivity index (χ2n) is 5.55. The number of fused-ring (bicyclic) bond motifs is 2. The molecule has 1 N–H and O–H groups in total. The monoisotopic (exact) mass is 302 g/mol. The molecule has 2 aliphatic rings. The summed E-state index contributed by atoms with van der Waals surface area (Å²) in [5.41, 5.74) is 2.09. The Morgan fingerprint density at radius 1 is 1.18 bits per heavy atom. The zero-order valence-corrected chi connectivity index (χ0v) is 11.6. The minimum atomic E-state index is -0.665. The van der Waals surface area contributed by atoms with Gasteiger partial charge in [-0.2, -0.15) is 5.10 Å². The third-order valence-electron chi connectivity index (χ3n) is 4.17. The van der Waals surface area contributed by atoms with Gasteiger partial charge in [0.05, 0.1) is 15.9 Å². The van der Waals surface area contributed by atoms with Gasteiger partial charge in [-0.1, -0.05) is 12.2 Å². The Morgan fingerprint density at radius 3 is 2.59 bits per heavy atom. The number of benzene rings is 1. The molecule has 3 rings (SSSR count). The third kappa shape index (κ3) is 2.67. The van der Waals surface area contributed by atoms with E-state index in [1.807, 2.05) is 0 Å². The van der Waals surface area contributed by atoms with Crippen molar-refractivity contribution in [2.24, 2.45) is 22.9 Å². The van der Waals surface area contributed by atoms with Crippen molar-refractivity contribution >= 4 is 23.3 Å². The Morgan fingerprint density at radius 2 is 2.00 bits per heavy atom. The summed E-state index contributed by atoms with van der Waals surface area (Å²) in [7, 11) is 0. The number of hydrogen-bond donors (Lipinski definition) is 1. The Balaban J connectivity index is 1.73. The number of non-ortho nitro benzene ring substituents is 1. The molecule has 1 aromatic carbocycles. The van der Waals surface area contributed by atoms with E-state index in [9.17, 15) is 20.2 Å². The van der Waals surface area contributed by atoms with E-state index in [-0.39, 0.29) is 17.1 Å².